The Morgan fingerprint density at radius 2 is 1.56 bits per heavy atom. The van der Waals surface area contributed by atoms with Gasteiger partial charge in [0.2, 0.25) is 5.96 Å². The molecule has 1 fully saturated rings. The average Bonchev–Trinajstić information content (AvgIpc) is 3.62. The van der Waals surface area contributed by atoms with Crippen LogP contribution in [0, 0.1) is 28.6 Å². The minimum absolute atomic E-state index is 0.0829. The van der Waals surface area contributed by atoms with Crippen molar-refractivity contribution in [1.82, 2.24) is 20.1 Å². The fourth-order valence-corrected chi connectivity index (χ4v) is 14.1. The predicted molar refractivity (Wildman–Crippen MR) is 234 cm³/mol. The molecule has 1 aliphatic heterocycles. The number of amides is 2. The lowest BCUT2D eigenvalue weighted by atomic mass is 9.85. The van der Waals surface area contributed by atoms with E-state index in [4.69, 9.17) is 20.0 Å². The van der Waals surface area contributed by atoms with Gasteiger partial charge >= 0.3 is 6.03 Å². The quantitative estimate of drug-likeness (QED) is 0.0578. The van der Waals surface area contributed by atoms with Gasteiger partial charge in [0.1, 0.15) is 23.2 Å². The lowest BCUT2D eigenvalue weighted by Crippen LogP contribution is -2.51. The lowest BCUT2D eigenvalue weighted by Gasteiger charge is -2.43. The Kier molecular flexibility index (Phi) is 13.9. The van der Waals surface area contributed by atoms with Gasteiger partial charge in [0.15, 0.2) is 8.32 Å². The molecule has 1 aliphatic carbocycles. The van der Waals surface area contributed by atoms with Crippen molar-refractivity contribution in [2.24, 2.45) is 5.41 Å². The van der Waals surface area contributed by atoms with Crippen LogP contribution in [0.3, 0.4) is 0 Å². The van der Waals surface area contributed by atoms with Crippen molar-refractivity contribution < 1.29 is 14.0 Å². The smallest absolute Gasteiger partial charge is 0.320 e. The summed E-state index contributed by atoms with van der Waals surface area (Å²) in [5.41, 5.74) is 5.56. The van der Waals surface area contributed by atoms with Gasteiger partial charge in [-0.2, -0.15) is 0 Å². The number of pyridine rings is 1. The number of anilines is 1. The first-order valence-electron chi connectivity index (χ1n) is 20.6. The maximum Gasteiger partial charge on any atom is 0.320 e. The lowest BCUT2D eigenvalue weighted by molar-refractivity contribution is 0.170. The van der Waals surface area contributed by atoms with E-state index in [1.54, 1.807) is 29.0 Å². The Labute approximate surface area is 341 Å². The first-order valence-corrected chi connectivity index (χ1v) is 22.8. The maximum atomic E-state index is 13.6. The van der Waals surface area contributed by atoms with Gasteiger partial charge in [0, 0.05) is 29.4 Å². The van der Waals surface area contributed by atoms with Gasteiger partial charge < -0.3 is 30.1 Å². The van der Waals surface area contributed by atoms with Crippen LogP contribution >= 0.6 is 0 Å². The molecule has 0 saturated carbocycles. The van der Waals surface area contributed by atoms with Gasteiger partial charge in [-0.25, -0.2) is 4.79 Å². The zero-order valence-corrected chi connectivity index (χ0v) is 36.8. The van der Waals surface area contributed by atoms with Gasteiger partial charge in [0.05, 0.1) is 24.9 Å². The first kappa shape index (κ1) is 43.4. The zero-order valence-electron chi connectivity index (χ0n) is 35.8. The van der Waals surface area contributed by atoms with Crippen LogP contribution in [0.1, 0.15) is 117 Å². The molecule has 3 aromatic rings. The number of fused-ring (bicyclic) bond motifs is 1. The molecule has 2 aromatic carbocycles. The molecule has 1 aromatic heterocycles. The second-order valence-corrected chi connectivity index (χ2v) is 23.2. The van der Waals surface area contributed by atoms with Gasteiger partial charge in [-0.3, -0.25) is 20.7 Å². The summed E-state index contributed by atoms with van der Waals surface area (Å²) in [5.74, 6) is 1.27. The van der Waals surface area contributed by atoms with Gasteiger partial charge in [-0.05, 0) is 84.6 Å². The molecule has 308 valence electrons. The number of nitrogens with zero attached hydrogens (tertiary/aromatic N) is 2. The van der Waals surface area contributed by atoms with E-state index < -0.39 is 13.7 Å². The Morgan fingerprint density at radius 3 is 2.19 bits per heavy atom. The van der Waals surface area contributed by atoms with Crippen LogP contribution in [0.15, 0.2) is 78.8 Å². The molecule has 6 N–H and O–H groups in total. The van der Waals surface area contributed by atoms with Crippen LogP contribution in [0.4, 0.5) is 10.5 Å². The monoisotopic (exact) mass is 795 g/mol. The van der Waals surface area contributed by atoms with Crippen molar-refractivity contribution in [3.05, 3.63) is 101 Å². The van der Waals surface area contributed by atoms with Crippen molar-refractivity contribution in [2.45, 2.75) is 130 Å². The number of hydrogen-bond donors (Lipinski definition) is 6. The first-order chi connectivity index (χ1) is 26.9. The molecule has 3 atom stereocenters. The second kappa shape index (κ2) is 18.3. The normalized spacial score (nSPS) is 18.8. The number of carbonyl (C=O) groups excluding carboxylic acids is 1. The standard InChI is InChI=1S/C45H66N8O3Si/c1-29(2)57(30(3)4,31(5)6)55-28-34-14-13-25-52(34)43(48)53-27-35(21-24-41(53)47)56-39-23-22-38(36-15-11-12-16-37(36)39)50-44(54)51-42(26-40(46)45(8,9)10)49-33-19-17-32(7)18-20-33/h11-12,15-21,24,26-27,29-31,34,38-39,46-49H,13-14,22-23,25,28H2,1-10H3,(H2,50,51,54)/b42-26+,46-40?,47-41?,48-43?/t34-,38+,39-/m1/s1. The van der Waals surface area contributed by atoms with Crippen LogP contribution in [0.5, 0.6) is 5.75 Å². The van der Waals surface area contributed by atoms with E-state index in [1.165, 1.54) is 0 Å². The summed E-state index contributed by atoms with van der Waals surface area (Å²) in [6.45, 7) is 23.1. The summed E-state index contributed by atoms with van der Waals surface area (Å²) in [6.07, 6.45) is 6.39. The van der Waals surface area contributed by atoms with Crippen LogP contribution in [0.25, 0.3) is 0 Å². The molecule has 0 spiro atoms. The van der Waals surface area contributed by atoms with E-state index in [9.17, 15) is 10.2 Å². The Morgan fingerprint density at radius 1 is 0.912 bits per heavy atom. The summed E-state index contributed by atoms with van der Waals surface area (Å²) < 4.78 is 15.2. The molecule has 12 heteroatoms. The molecule has 57 heavy (non-hydrogen) atoms. The second-order valence-electron chi connectivity index (χ2n) is 17.7. The van der Waals surface area contributed by atoms with Crippen LogP contribution < -0.4 is 26.2 Å². The number of nitrogens with one attached hydrogen (secondary N) is 6. The largest absolute Gasteiger partial charge is 0.484 e. The zero-order chi connectivity index (χ0) is 41.7. The molecule has 1 saturated heterocycles. The number of allylic oxidation sites excluding steroid dienone is 1. The molecule has 2 heterocycles. The predicted octanol–water partition coefficient (Wildman–Crippen LogP) is 9.99. The van der Waals surface area contributed by atoms with E-state index in [2.05, 4.69) is 62.4 Å². The highest BCUT2D eigenvalue weighted by atomic mass is 28.4. The van der Waals surface area contributed by atoms with Crippen molar-refractivity contribution in [1.29, 1.82) is 16.2 Å². The summed E-state index contributed by atoms with van der Waals surface area (Å²) >= 11 is 0. The van der Waals surface area contributed by atoms with E-state index >= 15 is 0 Å². The Balaban J connectivity index is 1.29. The highest BCUT2D eigenvalue weighted by Gasteiger charge is 2.46. The highest BCUT2D eigenvalue weighted by Crippen LogP contribution is 2.43. The van der Waals surface area contributed by atoms with E-state index in [1.807, 2.05) is 76.2 Å². The third kappa shape index (κ3) is 10.3. The summed E-state index contributed by atoms with van der Waals surface area (Å²) in [6, 6.07) is 18.9. The number of likely N-dealkylation sites (tertiary alicyclic amines) is 1. The Hall–Kier alpha value is -4.68. The SMILES string of the molecule is Cc1ccc(N/C(=C\C(=N)C(C)(C)C)NC(=O)N[C@H]2CC[C@@H](Oc3ccc(=N)n(C(=N)N4CCC[C@@H]4CO[Si](C(C)C)(C(C)C)C(C)C)c3)c3ccccc32)cc1. The maximum absolute atomic E-state index is 13.6. The third-order valence-electron chi connectivity index (χ3n) is 11.7. The van der Waals surface area contributed by atoms with Gasteiger partial charge in [-0.15, -0.1) is 0 Å². The van der Waals surface area contributed by atoms with E-state index in [0.29, 0.717) is 53.4 Å². The number of ether oxygens (including phenoxy) is 1. The summed E-state index contributed by atoms with van der Waals surface area (Å²) in [5, 5.41) is 36.1. The molecule has 0 unspecified atom stereocenters. The van der Waals surface area contributed by atoms with E-state index in [-0.39, 0.29) is 35.7 Å². The Bertz CT molecular complexity index is 1960. The number of benzene rings is 2. The number of rotatable bonds is 13. The highest BCUT2D eigenvalue weighted by molar-refractivity contribution is 6.77. The molecule has 0 radical (unpaired) electrons. The van der Waals surface area contributed by atoms with Crippen LogP contribution in [-0.2, 0) is 4.43 Å². The number of carbonyl (C=O) groups is 1. The molecule has 5 rings (SSSR count). The van der Waals surface area contributed by atoms with Crippen molar-refractivity contribution >= 4 is 31.7 Å². The van der Waals surface area contributed by atoms with Gasteiger partial charge in [-0.1, -0.05) is 104 Å². The molecule has 0 bridgehead atoms. The number of aromatic nitrogens is 1. The van der Waals surface area contributed by atoms with Crippen LogP contribution in [0.2, 0.25) is 16.6 Å². The fraction of sp³-hybridized carbons (Fsp3) is 0.511. The van der Waals surface area contributed by atoms with Crippen molar-refractivity contribution in [3.8, 4) is 5.75 Å². The third-order valence-corrected chi connectivity index (χ3v) is 17.8. The number of urea groups is 1. The fourth-order valence-electron chi connectivity index (χ4n) is 8.65. The number of hydrogen-bond acceptors (Lipinski definition) is 7. The number of aryl methyl sites for hydroxylation is 1. The van der Waals surface area contributed by atoms with Crippen molar-refractivity contribution in [3.63, 3.8) is 0 Å². The van der Waals surface area contributed by atoms with Gasteiger partial charge in [0.25, 0.3) is 0 Å². The molecule has 2 amide bonds. The summed E-state index contributed by atoms with van der Waals surface area (Å²) in [4.78, 5) is 15.7. The minimum Gasteiger partial charge on any atom is -0.484 e. The molecule has 11 nitrogen and oxygen atoms in total. The topological polar surface area (TPSA) is 151 Å². The molecular formula is C45H66N8O3Si. The van der Waals surface area contributed by atoms with Crippen LogP contribution in [-0.4, -0.2) is 54.7 Å². The minimum atomic E-state index is -2.06. The van der Waals surface area contributed by atoms with Crippen molar-refractivity contribution in [2.75, 3.05) is 18.5 Å². The molecule has 2 aliphatic rings. The summed E-state index contributed by atoms with van der Waals surface area (Å²) in [7, 11) is -2.06. The molecular weight excluding hydrogens is 729 g/mol. The average molecular weight is 795 g/mol. The van der Waals surface area contributed by atoms with E-state index in [0.717, 1.165) is 41.8 Å².